The molecule has 1 aromatic carbocycles. The van der Waals surface area contributed by atoms with Gasteiger partial charge in [0.2, 0.25) is 0 Å². The lowest BCUT2D eigenvalue weighted by Crippen LogP contribution is -2.46. The van der Waals surface area contributed by atoms with Crippen molar-refractivity contribution in [2.75, 3.05) is 5.32 Å². The number of amides is 2. The number of carbonyl (C=O) groups is 1. The van der Waals surface area contributed by atoms with Gasteiger partial charge in [-0.25, -0.2) is 4.79 Å². The van der Waals surface area contributed by atoms with E-state index in [4.69, 9.17) is 11.6 Å². The zero-order valence-corrected chi connectivity index (χ0v) is 11.7. The van der Waals surface area contributed by atoms with Crippen LogP contribution < -0.4 is 10.6 Å². The van der Waals surface area contributed by atoms with Crippen molar-refractivity contribution in [1.29, 1.82) is 0 Å². The minimum Gasteiger partial charge on any atom is -0.391 e. The fourth-order valence-electron chi connectivity index (χ4n) is 2.39. The summed E-state index contributed by atoms with van der Waals surface area (Å²) in [6.45, 7) is 1.89. The van der Waals surface area contributed by atoms with Crippen molar-refractivity contribution >= 4 is 23.3 Å². The van der Waals surface area contributed by atoms with Gasteiger partial charge in [0.05, 0.1) is 22.9 Å². The maximum absolute atomic E-state index is 11.9. The van der Waals surface area contributed by atoms with Crippen LogP contribution in [0.1, 0.15) is 31.2 Å². The lowest BCUT2D eigenvalue weighted by Gasteiger charge is -2.28. The second-order valence-electron chi connectivity index (χ2n) is 4.99. The van der Waals surface area contributed by atoms with Crippen molar-refractivity contribution in [3.8, 4) is 0 Å². The third-order valence-corrected chi connectivity index (χ3v) is 3.82. The van der Waals surface area contributed by atoms with Gasteiger partial charge >= 0.3 is 6.03 Å². The maximum Gasteiger partial charge on any atom is 0.319 e. The van der Waals surface area contributed by atoms with Crippen molar-refractivity contribution in [3.63, 3.8) is 0 Å². The second kappa shape index (κ2) is 6.26. The van der Waals surface area contributed by atoms with Crippen LogP contribution in [0.25, 0.3) is 0 Å². The van der Waals surface area contributed by atoms with Crippen molar-refractivity contribution in [3.05, 3.63) is 28.8 Å². The SMILES string of the molecule is Cc1cccc(Cl)c1NC(=O)N[C@@H]1CCCC[C@H]1O. The first-order chi connectivity index (χ1) is 9.08. The number of hydrogen-bond acceptors (Lipinski definition) is 2. The van der Waals surface area contributed by atoms with E-state index in [0.717, 1.165) is 31.2 Å². The quantitative estimate of drug-likeness (QED) is 0.781. The van der Waals surface area contributed by atoms with Crippen LogP contribution in [0.15, 0.2) is 18.2 Å². The van der Waals surface area contributed by atoms with Gasteiger partial charge in [-0.05, 0) is 31.4 Å². The number of hydrogen-bond donors (Lipinski definition) is 3. The summed E-state index contributed by atoms with van der Waals surface area (Å²) in [5.74, 6) is 0. The Labute approximate surface area is 118 Å². The topological polar surface area (TPSA) is 61.4 Å². The van der Waals surface area contributed by atoms with Crippen molar-refractivity contribution in [2.24, 2.45) is 0 Å². The first-order valence-corrected chi connectivity index (χ1v) is 6.96. The molecule has 2 amide bonds. The highest BCUT2D eigenvalue weighted by molar-refractivity contribution is 6.33. The smallest absolute Gasteiger partial charge is 0.319 e. The first kappa shape index (κ1) is 14.2. The van der Waals surface area contributed by atoms with Gasteiger partial charge in [0.1, 0.15) is 0 Å². The first-order valence-electron chi connectivity index (χ1n) is 6.58. The Morgan fingerprint density at radius 3 is 2.79 bits per heavy atom. The number of rotatable bonds is 2. The fourth-order valence-corrected chi connectivity index (χ4v) is 2.66. The zero-order valence-electron chi connectivity index (χ0n) is 10.9. The predicted molar refractivity (Wildman–Crippen MR) is 76.6 cm³/mol. The normalized spacial score (nSPS) is 22.9. The minimum absolute atomic E-state index is 0.170. The van der Waals surface area contributed by atoms with Gasteiger partial charge in [-0.15, -0.1) is 0 Å². The van der Waals surface area contributed by atoms with E-state index in [1.54, 1.807) is 6.07 Å². The Bertz CT molecular complexity index is 445. The molecule has 2 rings (SSSR count). The van der Waals surface area contributed by atoms with E-state index in [-0.39, 0.29) is 12.1 Å². The molecule has 0 aliphatic heterocycles. The highest BCUT2D eigenvalue weighted by Gasteiger charge is 2.24. The number of benzene rings is 1. The van der Waals surface area contributed by atoms with E-state index in [1.807, 2.05) is 19.1 Å². The van der Waals surface area contributed by atoms with Gasteiger partial charge in [0.25, 0.3) is 0 Å². The number of anilines is 1. The lowest BCUT2D eigenvalue weighted by molar-refractivity contribution is 0.0955. The van der Waals surface area contributed by atoms with Gasteiger partial charge in [-0.3, -0.25) is 0 Å². The second-order valence-corrected chi connectivity index (χ2v) is 5.40. The van der Waals surface area contributed by atoms with E-state index in [2.05, 4.69) is 10.6 Å². The monoisotopic (exact) mass is 282 g/mol. The molecular formula is C14H19ClN2O2. The molecule has 1 saturated carbocycles. The van der Waals surface area contributed by atoms with Crippen molar-refractivity contribution in [2.45, 2.75) is 44.8 Å². The summed E-state index contributed by atoms with van der Waals surface area (Å²) >= 11 is 6.05. The summed E-state index contributed by atoms with van der Waals surface area (Å²) in [5, 5.41) is 15.9. The maximum atomic E-state index is 11.9. The fraction of sp³-hybridized carbons (Fsp3) is 0.500. The van der Waals surface area contributed by atoms with Crippen LogP contribution in [-0.4, -0.2) is 23.3 Å². The molecule has 0 bridgehead atoms. The molecule has 1 aliphatic rings. The Morgan fingerprint density at radius 1 is 1.37 bits per heavy atom. The van der Waals surface area contributed by atoms with E-state index >= 15 is 0 Å². The molecule has 0 saturated heterocycles. The molecule has 0 spiro atoms. The summed E-state index contributed by atoms with van der Waals surface area (Å²) in [4.78, 5) is 11.9. The minimum atomic E-state index is -0.452. The molecule has 104 valence electrons. The van der Waals surface area contributed by atoms with Crippen LogP contribution in [0.2, 0.25) is 5.02 Å². The van der Waals surface area contributed by atoms with Gasteiger partial charge < -0.3 is 15.7 Å². The number of halogens is 1. The molecule has 1 aliphatic carbocycles. The average molecular weight is 283 g/mol. The third kappa shape index (κ3) is 3.61. The summed E-state index contributed by atoms with van der Waals surface area (Å²) in [6.07, 6.45) is 3.16. The van der Waals surface area contributed by atoms with E-state index in [1.165, 1.54) is 0 Å². The summed E-state index contributed by atoms with van der Waals surface area (Å²) in [7, 11) is 0. The summed E-state index contributed by atoms with van der Waals surface area (Å²) in [6, 6.07) is 4.97. The Balaban J connectivity index is 1.97. The van der Waals surface area contributed by atoms with Gasteiger partial charge in [-0.2, -0.15) is 0 Å². The molecule has 3 N–H and O–H groups in total. The Morgan fingerprint density at radius 2 is 2.11 bits per heavy atom. The number of aliphatic hydroxyl groups is 1. The number of urea groups is 1. The molecule has 0 heterocycles. The van der Waals surface area contributed by atoms with Gasteiger partial charge in [0, 0.05) is 0 Å². The molecule has 0 aromatic heterocycles. The number of para-hydroxylation sites is 1. The average Bonchev–Trinajstić information content (AvgIpc) is 2.37. The largest absolute Gasteiger partial charge is 0.391 e. The molecule has 1 fully saturated rings. The number of nitrogens with one attached hydrogen (secondary N) is 2. The van der Waals surface area contributed by atoms with E-state index in [9.17, 15) is 9.90 Å². The zero-order chi connectivity index (χ0) is 13.8. The van der Waals surface area contributed by atoms with E-state index < -0.39 is 6.10 Å². The Hall–Kier alpha value is -1.26. The summed E-state index contributed by atoms with van der Waals surface area (Å²) < 4.78 is 0. The molecule has 4 nitrogen and oxygen atoms in total. The number of aliphatic hydroxyl groups excluding tert-OH is 1. The Kier molecular flexibility index (Phi) is 4.66. The van der Waals surface area contributed by atoms with Crippen LogP contribution >= 0.6 is 11.6 Å². The number of aryl methyl sites for hydroxylation is 1. The molecule has 1 aromatic rings. The van der Waals surface area contributed by atoms with Crippen LogP contribution in [0, 0.1) is 6.92 Å². The van der Waals surface area contributed by atoms with Crippen LogP contribution in [-0.2, 0) is 0 Å². The van der Waals surface area contributed by atoms with Crippen molar-refractivity contribution in [1.82, 2.24) is 5.32 Å². The molecule has 2 atom stereocenters. The molecule has 0 radical (unpaired) electrons. The molecule has 0 unspecified atom stereocenters. The van der Waals surface area contributed by atoms with E-state index in [0.29, 0.717) is 10.7 Å². The van der Waals surface area contributed by atoms with Gasteiger partial charge in [0.15, 0.2) is 0 Å². The van der Waals surface area contributed by atoms with Gasteiger partial charge in [-0.1, -0.05) is 36.6 Å². The van der Waals surface area contributed by atoms with Crippen molar-refractivity contribution < 1.29 is 9.90 Å². The third-order valence-electron chi connectivity index (χ3n) is 3.51. The summed E-state index contributed by atoms with van der Waals surface area (Å²) in [5.41, 5.74) is 1.53. The van der Waals surface area contributed by atoms with Crippen LogP contribution in [0.3, 0.4) is 0 Å². The van der Waals surface area contributed by atoms with Crippen LogP contribution in [0.4, 0.5) is 10.5 Å². The predicted octanol–water partition coefficient (Wildman–Crippen LogP) is 3.07. The standard InChI is InChI=1S/C14H19ClN2O2/c1-9-5-4-6-10(15)13(9)17-14(19)16-11-7-2-3-8-12(11)18/h4-6,11-12,18H,2-3,7-8H2,1H3,(H2,16,17,19)/t11-,12-/m1/s1. The molecule has 19 heavy (non-hydrogen) atoms. The molecule has 5 heteroatoms. The highest BCUT2D eigenvalue weighted by Crippen LogP contribution is 2.25. The highest BCUT2D eigenvalue weighted by atomic mass is 35.5. The number of carbonyl (C=O) groups excluding carboxylic acids is 1. The van der Waals surface area contributed by atoms with Crippen LogP contribution in [0.5, 0.6) is 0 Å². The lowest BCUT2D eigenvalue weighted by atomic mass is 9.93. The molecular weight excluding hydrogens is 264 g/mol.